The summed E-state index contributed by atoms with van der Waals surface area (Å²) >= 11 is 0. The molecule has 1 amide bonds. The Morgan fingerprint density at radius 2 is 1.93 bits per heavy atom. The molecule has 1 aliphatic rings. The lowest BCUT2D eigenvalue weighted by Crippen LogP contribution is -2.38. The van der Waals surface area contributed by atoms with Crippen molar-refractivity contribution in [3.05, 3.63) is 47.3 Å². The second-order valence-electron chi connectivity index (χ2n) is 7.42. The predicted octanol–water partition coefficient (Wildman–Crippen LogP) is 2.81. The van der Waals surface area contributed by atoms with Crippen molar-refractivity contribution >= 4 is 5.91 Å². The van der Waals surface area contributed by atoms with Crippen LogP contribution in [-0.2, 0) is 7.05 Å². The summed E-state index contributed by atoms with van der Waals surface area (Å²) in [5.74, 6) is 1.79. The van der Waals surface area contributed by atoms with Crippen LogP contribution in [0.15, 0.2) is 23.1 Å². The Balaban J connectivity index is 1.51. The lowest BCUT2D eigenvalue weighted by molar-refractivity contribution is 0.0706. The zero-order valence-electron chi connectivity index (χ0n) is 16.6. The van der Waals surface area contributed by atoms with Crippen molar-refractivity contribution in [3.63, 3.8) is 0 Å². The molecule has 8 heteroatoms. The van der Waals surface area contributed by atoms with Gasteiger partial charge in [0.05, 0.1) is 23.3 Å². The van der Waals surface area contributed by atoms with Gasteiger partial charge in [-0.1, -0.05) is 5.16 Å². The van der Waals surface area contributed by atoms with Crippen LogP contribution in [0.1, 0.15) is 52.2 Å². The molecule has 3 aromatic heterocycles. The molecule has 4 heterocycles. The summed E-state index contributed by atoms with van der Waals surface area (Å²) in [6.45, 7) is 7.12. The van der Waals surface area contributed by atoms with Gasteiger partial charge < -0.3 is 14.0 Å². The Hall–Kier alpha value is -3.03. The average Bonchev–Trinajstić information content (AvgIpc) is 3.26. The molecular formula is C20H24N6O2. The van der Waals surface area contributed by atoms with Crippen LogP contribution in [0.5, 0.6) is 0 Å². The Labute approximate surface area is 163 Å². The summed E-state index contributed by atoms with van der Waals surface area (Å²) in [6, 6.07) is 2.04. The van der Waals surface area contributed by atoms with E-state index in [-0.39, 0.29) is 5.91 Å². The molecule has 3 aromatic rings. The largest absolute Gasteiger partial charge is 0.361 e. The van der Waals surface area contributed by atoms with E-state index >= 15 is 0 Å². The van der Waals surface area contributed by atoms with Crippen LogP contribution in [0.4, 0.5) is 0 Å². The van der Waals surface area contributed by atoms with Crippen LogP contribution in [0.25, 0.3) is 11.3 Å². The van der Waals surface area contributed by atoms with Crippen molar-refractivity contribution in [2.24, 2.45) is 7.05 Å². The maximum atomic E-state index is 12.6. The van der Waals surface area contributed by atoms with Crippen molar-refractivity contribution in [1.29, 1.82) is 0 Å². The van der Waals surface area contributed by atoms with E-state index in [9.17, 15) is 4.79 Å². The first-order valence-corrected chi connectivity index (χ1v) is 9.48. The van der Waals surface area contributed by atoms with Crippen molar-refractivity contribution in [2.75, 3.05) is 13.1 Å². The molecule has 0 bridgehead atoms. The third kappa shape index (κ3) is 3.42. The number of carbonyl (C=O) groups is 1. The molecule has 4 rings (SSSR count). The van der Waals surface area contributed by atoms with Gasteiger partial charge in [-0.15, -0.1) is 0 Å². The number of nitrogens with zero attached hydrogens (tertiary/aromatic N) is 6. The fourth-order valence-corrected chi connectivity index (χ4v) is 3.84. The molecule has 1 aliphatic heterocycles. The molecule has 8 nitrogen and oxygen atoms in total. The van der Waals surface area contributed by atoms with Gasteiger partial charge in [0.1, 0.15) is 17.3 Å². The molecule has 0 saturated carbocycles. The van der Waals surface area contributed by atoms with Crippen molar-refractivity contribution in [2.45, 2.75) is 39.5 Å². The molecule has 0 N–H and O–H groups in total. The SMILES string of the molecule is Cc1nc(-c2c(C)noc2C)cc(C2CCN(C(=O)c3cn(C)cn3)CC2)n1. The topological polar surface area (TPSA) is 89.9 Å². The summed E-state index contributed by atoms with van der Waals surface area (Å²) in [5.41, 5.74) is 4.14. The highest BCUT2D eigenvalue weighted by atomic mass is 16.5. The number of likely N-dealkylation sites (tertiary alicyclic amines) is 1. The number of aromatic nitrogens is 5. The van der Waals surface area contributed by atoms with Crippen LogP contribution >= 0.6 is 0 Å². The van der Waals surface area contributed by atoms with Crippen LogP contribution in [-0.4, -0.2) is 48.6 Å². The van der Waals surface area contributed by atoms with Gasteiger partial charge in [-0.3, -0.25) is 4.79 Å². The number of imidazole rings is 1. The zero-order valence-corrected chi connectivity index (χ0v) is 16.6. The van der Waals surface area contributed by atoms with Gasteiger partial charge in [0.15, 0.2) is 0 Å². The molecule has 0 atom stereocenters. The minimum absolute atomic E-state index is 0.00525. The van der Waals surface area contributed by atoms with Gasteiger partial charge in [-0.05, 0) is 39.7 Å². The van der Waals surface area contributed by atoms with E-state index < -0.39 is 0 Å². The van der Waals surface area contributed by atoms with Crippen LogP contribution < -0.4 is 0 Å². The van der Waals surface area contributed by atoms with Crippen LogP contribution in [0.3, 0.4) is 0 Å². The fourth-order valence-electron chi connectivity index (χ4n) is 3.84. The number of rotatable bonds is 3. The Bertz CT molecular complexity index is 994. The summed E-state index contributed by atoms with van der Waals surface area (Å²) in [4.78, 5) is 27.9. The number of piperidine rings is 1. The second kappa shape index (κ2) is 7.18. The molecule has 0 spiro atoms. The lowest BCUT2D eigenvalue weighted by Gasteiger charge is -2.31. The number of hydrogen-bond donors (Lipinski definition) is 0. The minimum atomic E-state index is -0.00525. The minimum Gasteiger partial charge on any atom is -0.361 e. The van der Waals surface area contributed by atoms with Crippen LogP contribution in [0.2, 0.25) is 0 Å². The first-order chi connectivity index (χ1) is 13.4. The van der Waals surface area contributed by atoms with Crippen molar-refractivity contribution < 1.29 is 9.32 Å². The fraction of sp³-hybridized carbons (Fsp3) is 0.450. The third-order valence-electron chi connectivity index (χ3n) is 5.27. The average molecular weight is 380 g/mol. The van der Waals surface area contributed by atoms with Gasteiger partial charge in [0.2, 0.25) is 0 Å². The van der Waals surface area contributed by atoms with E-state index in [0.717, 1.165) is 47.1 Å². The normalized spacial score (nSPS) is 15.2. The molecule has 0 radical (unpaired) electrons. The third-order valence-corrected chi connectivity index (χ3v) is 5.27. The van der Waals surface area contributed by atoms with E-state index in [4.69, 9.17) is 4.52 Å². The molecule has 0 aliphatic carbocycles. The van der Waals surface area contributed by atoms with Crippen molar-refractivity contribution in [3.8, 4) is 11.3 Å². The molecule has 0 unspecified atom stereocenters. The maximum absolute atomic E-state index is 12.6. The van der Waals surface area contributed by atoms with E-state index in [1.807, 2.05) is 38.8 Å². The van der Waals surface area contributed by atoms with Crippen molar-refractivity contribution in [1.82, 2.24) is 29.6 Å². The summed E-state index contributed by atoms with van der Waals surface area (Å²) < 4.78 is 7.09. The van der Waals surface area contributed by atoms with E-state index in [1.54, 1.807) is 17.1 Å². The van der Waals surface area contributed by atoms with Gasteiger partial charge in [0.25, 0.3) is 5.91 Å². The molecule has 0 aromatic carbocycles. The molecule has 1 saturated heterocycles. The first kappa shape index (κ1) is 18.3. The summed E-state index contributed by atoms with van der Waals surface area (Å²) in [5, 5.41) is 4.04. The Morgan fingerprint density at radius 1 is 1.18 bits per heavy atom. The van der Waals surface area contributed by atoms with Gasteiger partial charge in [-0.2, -0.15) is 0 Å². The Kier molecular flexibility index (Phi) is 4.70. The molecular weight excluding hydrogens is 356 g/mol. The summed E-state index contributed by atoms with van der Waals surface area (Å²) in [6.07, 6.45) is 5.16. The quantitative estimate of drug-likeness (QED) is 0.694. The molecule has 1 fully saturated rings. The van der Waals surface area contributed by atoms with Crippen LogP contribution in [0, 0.1) is 20.8 Å². The van der Waals surface area contributed by atoms with E-state index in [0.29, 0.717) is 24.7 Å². The van der Waals surface area contributed by atoms with E-state index in [2.05, 4.69) is 20.1 Å². The highest BCUT2D eigenvalue weighted by Gasteiger charge is 2.27. The molecule has 28 heavy (non-hydrogen) atoms. The second-order valence-corrected chi connectivity index (χ2v) is 7.42. The molecule has 146 valence electrons. The highest BCUT2D eigenvalue weighted by molar-refractivity contribution is 5.92. The number of amides is 1. The van der Waals surface area contributed by atoms with Gasteiger partial charge in [-0.25, -0.2) is 15.0 Å². The number of hydrogen-bond acceptors (Lipinski definition) is 6. The van der Waals surface area contributed by atoms with Gasteiger partial charge in [0, 0.05) is 37.9 Å². The lowest BCUT2D eigenvalue weighted by atomic mass is 9.92. The maximum Gasteiger partial charge on any atom is 0.274 e. The summed E-state index contributed by atoms with van der Waals surface area (Å²) in [7, 11) is 1.87. The predicted molar refractivity (Wildman–Crippen MR) is 103 cm³/mol. The highest BCUT2D eigenvalue weighted by Crippen LogP contribution is 2.31. The number of aryl methyl sites for hydroxylation is 4. The van der Waals surface area contributed by atoms with E-state index in [1.165, 1.54) is 0 Å². The number of carbonyl (C=O) groups excluding carboxylic acids is 1. The zero-order chi connectivity index (χ0) is 19.8. The standard InChI is InChI=1S/C20H24N6O2/c1-12-19(13(2)28-24-12)17-9-16(22-14(3)23-17)15-5-7-26(8-6-15)20(27)18-10-25(4)11-21-18/h9-11,15H,5-8H2,1-4H3. The Morgan fingerprint density at radius 3 is 2.54 bits per heavy atom. The smallest absolute Gasteiger partial charge is 0.274 e. The first-order valence-electron chi connectivity index (χ1n) is 9.48. The monoisotopic (exact) mass is 380 g/mol. The van der Waals surface area contributed by atoms with Gasteiger partial charge >= 0.3 is 0 Å².